The zero-order valence-electron chi connectivity index (χ0n) is 13.5. The van der Waals surface area contributed by atoms with E-state index in [1.54, 1.807) is 17.4 Å². The highest BCUT2D eigenvalue weighted by molar-refractivity contribution is 9.10. The minimum atomic E-state index is -0.134. The van der Waals surface area contributed by atoms with Gasteiger partial charge in [0.25, 0.3) is 0 Å². The quantitative estimate of drug-likeness (QED) is 0.777. The zero-order valence-corrected chi connectivity index (χ0v) is 15.9. The van der Waals surface area contributed by atoms with E-state index in [-0.39, 0.29) is 5.82 Å². The summed E-state index contributed by atoms with van der Waals surface area (Å²) in [6.07, 6.45) is 0. The van der Waals surface area contributed by atoms with Crippen molar-refractivity contribution in [1.82, 2.24) is 14.8 Å². The van der Waals surface area contributed by atoms with Crippen LogP contribution in [-0.2, 0) is 13.1 Å². The maximum absolute atomic E-state index is 14.1. The van der Waals surface area contributed by atoms with Crippen molar-refractivity contribution in [3.8, 4) is 0 Å². The maximum atomic E-state index is 14.1. The molecule has 0 radical (unpaired) electrons. The molecule has 0 spiro atoms. The Balaban J connectivity index is 1.54. The normalized spacial score (nSPS) is 16.9. The molecule has 1 aromatic heterocycles. The molecule has 0 N–H and O–H groups in total. The molecular weight excluding hydrogens is 377 g/mol. The lowest BCUT2D eigenvalue weighted by atomic mass is 10.2. The van der Waals surface area contributed by atoms with Gasteiger partial charge in [0.2, 0.25) is 0 Å². The third-order valence-electron chi connectivity index (χ3n) is 4.26. The lowest BCUT2D eigenvalue weighted by Crippen LogP contribution is -2.45. The Labute approximate surface area is 149 Å². The second kappa shape index (κ2) is 7.38. The maximum Gasteiger partial charge on any atom is 0.141 e. The summed E-state index contributed by atoms with van der Waals surface area (Å²) in [4.78, 5) is 10.7. The van der Waals surface area contributed by atoms with Crippen LogP contribution < -0.4 is 0 Å². The summed E-state index contributed by atoms with van der Waals surface area (Å²) in [5, 5.41) is 1.14. The van der Waals surface area contributed by atoms with Gasteiger partial charge in [-0.1, -0.05) is 12.1 Å². The molecule has 3 rings (SSSR count). The summed E-state index contributed by atoms with van der Waals surface area (Å²) in [6.45, 7) is 9.80. The second-order valence-corrected chi connectivity index (χ2v) is 8.15. The number of thiazole rings is 1. The van der Waals surface area contributed by atoms with Gasteiger partial charge < -0.3 is 0 Å². The Morgan fingerprint density at radius 2 is 1.78 bits per heavy atom. The fraction of sp³-hybridized carbons (Fsp3) is 0.471. The van der Waals surface area contributed by atoms with E-state index in [2.05, 4.69) is 44.6 Å². The van der Waals surface area contributed by atoms with Crippen molar-refractivity contribution >= 4 is 27.3 Å². The van der Waals surface area contributed by atoms with E-state index >= 15 is 0 Å². The van der Waals surface area contributed by atoms with Gasteiger partial charge in [-0.2, -0.15) is 0 Å². The zero-order chi connectivity index (χ0) is 16.4. The molecule has 2 heterocycles. The van der Waals surface area contributed by atoms with Gasteiger partial charge in [-0.25, -0.2) is 9.37 Å². The van der Waals surface area contributed by atoms with Crippen LogP contribution in [0.3, 0.4) is 0 Å². The predicted octanol–water partition coefficient (Wildman–Crippen LogP) is 3.98. The third-order valence-corrected chi connectivity index (χ3v) is 5.93. The number of piperazine rings is 1. The topological polar surface area (TPSA) is 19.4 Å². The van der Waals surface area contributed by atoms with Crippen LogP contribution in [0, 0.1) is 19.7 Å². The first-order chi connectivity index (χ1) is 11.0. The Morgan fingerprint density at radius 1 is 1.13 bits per heavy atom. The van der Waals surface area contributed by atoms with Crippen LogP contribution in [0.4, 0.5) is 4.39 Å². The molecule has 0 atom stereocenters. The van der Waals surface area contributed by atoms with E-state index in [1.807, 2.05) is 12.1 Å². The first kappa shape index (κ1) is 17.0. The molecule has 3 nitrogen and oxygen atoms in total. The summed E-state index contributed by atoms with van der Waals surface area (Å²) in [5.74, 6) is -0.134. The van der Waals surface area contributed by atoms with Gasteiger partial charge in [0.1, 0.15) is 5.82 Å². The van der Waals surface area contributed by atoms with Crippen molar-refractivity contribution < 1.29 is 4.39 Å². The Morgan fingerprint density at radius 3 is 2.39 bits per heavy atom. The van der Waals surface area contributed by atoms with E-state index in [4.69, 9.17) is 0 Å². The molecule has 124 valence electrons. The lowest BCUT2D eigenvalue weighted by molar-refractivity contribution is 0.121. The summed E-state index contributed by atoms with van der Waals surface area (Å²) < 4.78 is 14.6. The van der Waals surface area contributed by atoms with Crippen molar-refractivity contribution in [3.05, 3.63) is 49.6 Å². The molecule has 1 saturated heterocycles. The van der Waals surface area contributed by atoms with Crippen molar-refractivity contribution in [1.29, 1.82) is 0 Å². The monoisotopic (exact) mass is 397 g/mol. The molecule has 1 aliphatic rings. The van der Waals surface area contributed by atoms with Gasteiger partial charge in [0, 0.05) is 49.7 Å². The number of benzene rings is 1. The highest BCUT2D eigenvalue weighted by atomic mass is 79.9. The highest BCUT2D eigenvalue weighted by Crippen LogP contribution is 2.22. The number of hydrogen-bond acceptors (Lipinski definition) is 4. The molecule has 0 unspecified atom stereocenters. The summed E-state index contributed by atoms with van der Waals surface area (Å²) in [6, 6.07) is 5.51. The van der Waals surface area contributed by atoms with Gasteiger partial charge in [0.15, 0.2) is 0 Å². The minimum absolute atomic E-state index is 0.134. The van der Waals surface area contributed by atoms with Gasteiger partial charge in [-0.3, -0.25) is 9.80 Å². The van der Waals surface area contributed by atoms with Crippen molar-refractivity contribution in [2.45, 2.75) is 26.9 Å². The fourth-order valence-corrected chi connectivity index (χ4v) is 4.33. The number of halogens is 2. The molecular formula is C17H21BrFN3S. The van der Waals surface area contributed by atoms with Crippen LogP contribution in [0.25, 0.3) is 0 Å². The van der Waals surface area contributed by atoms with E-state index in [1.165, 1.54) is 4.88 Å². The minimum Gasteiger partial charge on any atom is -0.296 e. The SMILES string of the molecule is Cc1nc(C)c(CN2CCN(Cc3cccc(Br)c3F)CC2)s1. The van der Waals surface area contributed by atoms with Gasteiger partial charge in [-0.05, 0) is 35.8 Å². The number of nitrogens with zero attached hydrogens (tertiary/aromatic N) is 3. The van der Waals surface area contributed by atoms with E-state index in [9.17, 15) is 4.39 Å². The molecule has 0 aliphatic carbocycles. The Hall–Kier alpha value is -0.820. The number of rotatable bonds is 4. The number of hydrogen-bond donors (Lipinski definition) is 0. The third kappa shape index (κ3) is 4.18. The summed E-state index contributed by atoms with van der Waals surface area (Å²) in [7, 11) is 0. The van der Waals surface area contributed by atoms with Crippen molar-refractivity contribution in [3.63, 3.8) is 0 Å². The van der Waals surface area contributed by atoms with Crippen LogP contribution in [0.2, 0.25) is 0 Å². The first-order valence-electron chi connectivity index (χ1n) is 7.83. The van der Waals surface area contributed by atoms with Crippen LogP contribution in [-0.4, -0.2) is 41.0 Å². The average Bonchev–Trinajstić information content (AvgIpc) is 2.83. The van der Waals surface area contributed by atoms with Crippen LogP contribution in [0.5, 0.6) is 0 Å². The van der Waals surface area contributed by atoms with Gasteiger partial charge in [-0.15, -0.1) is 11.3 Å². The van der Waals surface area contributed by atoms with Crippen LogP contribution in [0.15, 0.2) is 22.7 Å². The standard InChI is InChI=1S/C17H21BrFN3S/c1-12-16(23-13(2)20-12)11-22-8-6-21(7-9-22)10-14-4-3-5-15(18)17(14)19/h3-5H,6-11H2,1-2H3. The van der Waals surface area contributed by atoms with Crippen molar-refractivity contribution in [2.24, 2.45) is 0 Å². The largest absolute Gasteiger partial charge is 0.296 e. The smallest absolute Gasteiger partial charge is 0.141 e. The summed E-state index contributed by atoms with van der Waals surface area (Å²) in [5.41, 5.74) is 1.92. The Kier molecular flexibility index (Phi) is 5.46. The van der Waals surface area contributed by atoms with Crippen LogP contribution >= 0.6 is 27.3 Å². The molecule has 1 aromatic carbocycles. The molecule has 0 amide bonds. The predicted molar refractivity (Wildman–Crippen MR) is 96.2 cm³/mol. The lowest BCUT2D eigenvalue weighted by Gasteiger charge is -2.34. The highest BCUT2D eigenvalue weighted by Gasteiger charge is 2.20. The first-order valence-corrected chi connectivity index (χ1v) is 9.44. The average molecular weight is 398 g/mol. The van der Waals surface area contributed by atoms with Gasteiger partial charge >= 0.3 is 0 Å². The van der Waals surface area contributed by atoms with E-state index in [0.29, 0.717) is 11.0 Å². The van der Waals surface area contributed by atoms with E-state index < -0.39 is 0 Å². The fourth-order valence-electron chi connectivity index (χ4n) is 2.94. The molecule has 1 aliphatic heterocycles. The van der Waals surface area contributed by atoms with Crippen molar-refractivity contribution in [2.75, 3.05) is 26.2 Å². The molecule has 0 bridgehead atoms. The molecule has 1 fully saturated rings. The molecule has 6 heteroatoms. The second-order valence-electron chi connectivity index (χ2n) is 6.01. The van der Waals surface area contributed by atoms with E-state index in [0.717, 1.165) is 49.0 Å². The van der Waals surface area contributed by atoms with Gasteiger partial charge in [0.05, 0.1) is 15.2 Å². The molecule has 0 saturated carbocycles. The molecule has 23 heavy (non-hydrogen) atoms. The summed E-state index contributed by atoms with van der Waals surface area (Å²) >= 11 is 5.05. The number of aromatic nitrogens is 1. The number of aryl methyl sites for hydroxylation is 2. The Bertz CT molecular complexity index is 680. The molecule has 2 aromatic rings. The van der Waals surface area contributed by atoms with Crippen LogP contribution in [0.1, 0.15) is 21.1 Å².